The van der Waals surface area contributed by atoms with Crippen LogP contribution in [0.15, 0.2) is 0 Å². The molecule has 0 unspecified atom stereocenters. The maximum absolute atomic E-state index is 8.60. The molecule has 0 saturated heterocycles. The lowest BCUT2D eigenvalue weighted by atomic mass is 10.4. The summed E-state index contributed by atoms with van der Waals surface area (Å²) in [5.74, 6) is 0. The summed E-state index contributed by atoms with van der Waals surface area (Å²) in [6.45, 7) is 3.82. The third-order valence-electron chi connectivity index (χ3n) is 1.25. The van der Waals surface area contributed by atoms with Crippen LogP contribution < -0.4 is 0 Å². The third-order valence-corrected chi connectivity index (χ3v) is 1.50. The van der Waals surface area contributed by atoms with Crippen molar-refractivity contribution in [2.24, 2.45) is 0 Å². The van der Waals surface area contributed by atoms with Crippen LogP contribution in [0.25, 0.3) is 0 Å². The van der Waals surface area contributed by atoms with Crippen molar-refractivity contribution in [1.29, 1.82) is 5.26 Å². The Morgan fingerprint density at radius 1 is 1.64 bits per heavy atom. The van der Waals surface area contributed by atoms with Crippen LogP contribution in [0.4, 0.5) is 0 Å². The van der Waals surface area contributed by atoms with E-state index in [1.165, 1.54) is 4.68 Å². The summed E-state index contributed by atoms with van der Waals surface area (Å²) < 4.78 is 1.49. The van der Waals surface area contributed by atoms with Crippen LogP contribution >= 0.6 is 11.6 Å². The largest absolute Gasteiger partial charge is 0.231 e. The SMILES string of the molecule is CC(C)n1nnc(Cl)c1C#N. The van der Waals surface area contributed by atoms with E-state index < -0.39 is 0 Å². The molecule has 5 heteroatoms. The fourth-order valence-corrected chi connectivity index (χ4v) is 0.896. The Bertz CT molecular complexity index is 296. The van der Waals surface area contributed by atoms with Crippen molar-refractivity contribution in [1.82, 2.24) is 15.0 Å². The van der Waals surface area contributed by atoms with Crippen molar-refractivity contribution < 1.29 is 0 Å². The summed E-state index contributed by atoms with van der Waals surface area (Å²) in [5, 5.41) is 16.0. The highest BCUT2D eigenvalue weighted by atomic mass is 35.5. The predicted octanol–water partition coefficient (Wildman–Crippen LogP) is 1.38. The van der Waals surface area contributed by atoms with Gasteiger partial charge in [0.15, 0.2) is 10.8 Å². The summed E-state index contributed by atoms with van der Waals surface area (Å²) in [5.41, 5.74) is 0.321. The summed E-state index contributed by atoms with van der Waals surface area (Å²) in [4.78, 5) is 0. The number of aromatic nitrogens is 3. The van der Waals surface area contributed by atoms with Gasteiger partial charge < -0.3 is 0 Å². The first-order valence-electron chi connectivity index (χ1n) is 3.17. The lowest BCUT2D eigenvalue weighted by Crippen LogP contribution is -2.05. The van der Waals surface area contributed by atoms with E-state index >= 15 is 0 Å². The molecule has 1 aromatic rings. The highest BCUT2D eigenvalue weighted by Gasteiger charge is 2.11. The van der Waals surface area contributed by atoms with Crippen molar-refractivity contribution in [2.75, 3.05) is 0 Å². The average molecular weight is 171 g/mol. The zero-order chi connectivity index (χ0) is 8.43. The van der Waals surface area contributed by atoms with E-state index in [4.69, 9.17) is 16.9 Å². The molecule has 0 spiro atoms. The molecule has 58 valence electrons. The molecule has 0 amide bonds. The van der Waals surface area contributed by atoms with Crippen LogP contribution in [-0.2, 0) is 0 Å². The van der Waals surface area contributed by atoms with Crippen LogP contribution in [0.2, 0.25) is 5.15 Å². The lowest BCUT2D eigenvalue weighted by molar-refractivity contribution is 0.509. The molecule has 0 fully saturated rings. The van der Waals surface area contributed by atoms with Gasteiger partial charge in [-0.05, 0) is 13.8 Å². The van der Waals surface area contributed by atoms with Crippen molar-refractivity contribution in [2.45, 2.75) is 19.9 Å². The molecule has 0 aliphatic carbocycles. The Kier molecular flexibility index (Phi) is 2.11. The van der Waals surface area contributed by atoms with Gasteiger partial charge in [-0.15, -0.1) is 5.10 Å². The van der Waals surface area contributed by atoms with E-state index in [0.717, 1.165) is 0 Å². The molecule has 0 bridgehead atoms. The Morgan fingerprint density at radius 2 is 2.27 bits per heavy atom. The van der Waals surface area contributed by atoms with Crippen molar-refractivity contribution in [3.8, 4) is 6.07 Å². The fraction of sp³-hybridized carbons (Fsp3) is 0.500. The molecule has 0 aromatic carbocycles. The number of halogens is 1. The van der Waals surface area contributed by atoms with E-state index in [1.807, 2.05) is 19.9 Å². The Morgan fingerprint density at radius 3 is 2.64 bits per heavy atom. The van der Waals surface area contributed by atoms with E-state index in [9.17, 15) is 0 Å². The standard InChI is InChI=1S/C6H7ClN4/c1-4(2)11-5(3-8)6(7)9-10-11/h4H,1-2H3. The molecule has 0 atom stereocenters. The molecule has 1 heterocycles. The van der Waals surface area contributed by atoms with Crippen LogP contribution in [0, 0.1) is 11.3 Å². The molecular weight excluding hydrogens is 164 g/mol. The minimum Gasteiger partial charge on any atom is -0.231 e. The summed E-state index contributed by atoms with van der Waals surface area (Å²) in [7, 11) is 0. The number of nitrogens with zero attached hydrogens (tertiary/aromatic N) is 4. The van der Waals surface area contributed by atoms with Crippen LogP contribution in [0.1, 0.15) is 25.6 Å². The second kappa shape index (κ2) is 2.89. The van der Waals surface area contributed by atoms with E-state index in [2.05, 4.69) is 10.3 Å². The van der Waals surface area contributed by atoms with Crippen LogP contribution in [0.5, 0.6) is 0 Å². The van der Waals surface area contributed by atoms with Gasteiger partial charge in [0.05, 0.1) is 0 Å². The summed E-state index contributed by atoms with van der Waals surface area (Å²) >= 11 is 5.57. The van der Waals surface area contributed by atoms with E-state index in [1.54, 1.807) is 0 Å². The normalized spacial score (nSPS) is 10.1. The average Bonchev–Trinajstić information content (AvgIpc) is 2.30. The topological polar surface area (TPSA) is 54.5 Å². The first kappa shape index (κ1) is 8.02. The molecule has 1 rings (SSSR count). The van der Waals surface area contributed by atoms with E-state index in [-0.39, 0.29) is 11.2 Å². The lowest BCUT2D eigenvalue weighted by Gasteiger charge is -2.03. The molecular formula is C6H7ClN4. The van der Waals surface area contributed by atoms with Gasteiger partial charge in [0.2, 0.25) is 0 Å². The molecule has 11 heavy (non-hydrogen) atoms. The van der Waals surface area contributed by atoms with Gasteiger partial charge >= 0.3 is 0 Å². The van der Waals surface area contributed by atoms with Crippen molar-refractivity contribution in [3.63, 3.8) is 0 Å². The van der Waals surface area contributed by atoms with Gasteiger partial charge in [-0.2, -0.15) is 5.26 Å². The monoisotopic (exact) mass is 170 g/mol. The highest BCUT2D eigenvalue weighted by Crippen LogP contribution is 2.13. The third kappa shape index (κ3) is 1.33. The first-order valence-corrected chi connectivity index (χ1v) is 3.55. The Labute approximate surface area is 69.4 Å². The molecule has 1 aromatic heterocycles. The molecule has 0 aliphatic rings. The van der Waals surface area contributed by atoms with Crippen molar-refractivity contribution in [3.05, 3.63) is 10.8 Å². The van der Waals surface area contributed by atoms with Gasteiger partial charge in [0.25, 0.3) is 0 Å². The number of nitriles is 1. The van der Waals surface area contributed by atoms with Gasteiger partial charge in [0, 0.05) is 6.04 Å². The molecule has 0 saturated carbocycles. The van der Waals surface area contributed by atoms with Gasteiger partial charge in [0.1, 0.15) is 6.07 Å². The molecule has 0 radical (unpaired) electrons. The van der Waals surface area contributed by atoms with Gasteiger partial charge in [-0.1, -0.05) is 16.8 Å². The maximum atomic E-state index is 8.60. The Balaban J connectivity index is 3.19. The fourth-order valence-electron chi connectivity index (χ4n) is 0.733. The quantitative estimate of drug-likeness (QED) is 0.640. The minimum atomic E-state index is 0.115. The predicted molar refractivity (Wildman–Crippen MR) is 40.1 cm³/mol. The van der Waals surface area contributed by atoms with Crippen molar-refractivity contribution >= 4 is 11.6 Å². The minimum absolute atomic E-state index is 0.115. The molecule has 4 nitrogen and oxygen atoms in total. The summed E-state index contributed by atoms with van der Waals surface area (Å²) in [6.07, 6.45) is 0. The van der Waals surface area contributed by atoms with Crippen LogP contribution in [-0.4, -0.2) is 15.0 Å². The second-order valence-electron chi connectivity index (χ2n) is 2.38. The molecule has 0 N–H and O–H groups in total. The number of hydrogen-bond acceptors (Lipinski definition) is 3. The van der Waals surface area contributed by atoms with Crippen LogP contribution in [0.3, 0.4) is 0 Å². The van der Waals surface area contributed by atoms with Gasteiger partial charge in [-0.3, -0.25) is 0 Å². The second-order valence-corrected chi connectivity index (χ2v) is 2.74. The maximum Gasteiger partial charge on any atom is 0.189 e. The number of rotatable bonds is 1. The van der Waals surface area contributed by atoms with Gasteiger partial charge in [-0.25, -0.2) is 4.68 Å². The highest BCUT2D eigenvalue weighted by molar-refractivity contribution is 6.30. The smallest absolute Gasteiger partial charge is 0.189 e. The summed E-state index contributed by atoms with van der Waals surface area (Å²) in [6, 6.07) is 2.05. The zero-order valence-corrected chi connectivity index (χ0v) is 7.00. The first-order chi connectivity index (χ1) is 5.16. The molecule has 0 aliphatic heterocycles. The number of hydrogen-bond donors (Lipinski definition) is 0. The van der Waals surface area contributed by atoms with E-state index in [0.29, 0.717) is 5.69 Å². The Hall–Kier alpha value is -1.08. The zero-order valence-electron chi connectivity index (χ0n) is 6.24.